The van der Waals surface area contributed by atoms with Crippen molar-refractivity contribution >= 4 is 67.8 Å². The molecule has 0 spiro atoms. The van der Waals surface area contributed by atoms with E-state index in [1.54, 1.807) is 22.6 Å². The fourth-order valence-corrected chi connectivity index (χ4v) is 3.26. The Balaban J connectivity index is 4.61. The molecule has 0 rings (SSSR count). The third-order valence-electron chi connectivity index (χ3n) is 1.32. The van der Waals surface area contributed by atoms with Crippen molar-refractivity contribution in [2.45, 2.75) is 29.7 Å². The molecule has 1 unspecified atom stereocenters. The SMILES string of the molecule is CCCC(I)C(I)=C(I)C(O)(O)O. The van der Waals surface area contributed by atoms with Gasteiger partial charge in [0.1, 0.15) is 0 Å². The van der Waals surface area contributed by atoms with Crippen LogP contribution in [0, 0.1) is 0 Å². The van der Waals surface area contributed by atoms with Crippen molar-refractivity contribution in [2.75, 3.05) is 0 Å². The third kappa shape index (κ3) is 5.44. The molecule has 3 N–H and O–H groups in total. The molecule has 0 aromatic heterocycles. The van der Waals surface area contributed by atoms with Crippen LogP contribution in [0.2, 0.25) is 0 Å². The maximum atomic E-state index is 8.91. The van der Waals surface area contributed by atoms with Gasteiger partial charge in [0, 0.05) is 7.50 Å². The predicted molar refractivity (Wildman–Crippen MR) is 77.2 cm³/mol. The molecular formula is C7H11I3O3. The zero-order valence-corrected chi connectivity index (χ0v) is 13.4. The number of hydrogen-bond acceptors (Lipinski definition) is 3. The van der Waals surface area contributed by atoms with E-state index in [9.17, 15) is 0 Å². The summed E-state index contributed by atoms with van der Waals surface area (Å²) in [5, 5.41) is 26.7. The molecule has 0 saturated heterocycles. The van der Waals surface area contributed by atoms with E-state index in [1.165, 1.54) is 0 Å². The van der Waals surface area contributed by atoms with Crippen LogP contribution in [0.3, 0.4) is 0 Å². The van der Waals surface area contributed by atoms with E-state index in [2.05, 4.69) is 29.5 Å². The molecule has 0 aromatic rings. The fraction of sp³-hybridized carbons (Fsp3) is 0.714. The lowest BCUT2D eigenvalue weighted by Gasteiger charge is -2.17. The first kappa shape index (κ1) is 14.8. The standard InChI is InChI=1S/C7H11I3O3/c1-2-3-4(8)5(9)6(10)7(11,12)13/h4,11-13H,2-3H2,1H3. The van der Waals surface area contributed by atoms with Gasteiger partial charge < -0.3 is 15.3 Å². The fourth-order valence-electron chi connectivity index (χ4n) is 0.678. The maximum Gasteiger partial charge on any atom is 0.311 e. The average Bonchev–Trinajstić information content (AvgIpc) is 2.00. The molecule has 0 aromatic carbocycles. The van der Waals surface area contributed by atoms with Gasteiger partial charge in [-0.3, -0.25) is 0 Å². The van der Waals surface area contributed by atoms with E-state index >= 15 is 0 Å². The zero-order chi connectivity index (χ0) is 10.6. The molecule has 0 saturated carbocycles. The van der Waals surface area contributed by atoms with E-state index in [4.69, 9.17) is 15.3 Å². The molecule has 78 valence electrons. The Kier molecular flexibility index (Phi) is 7.30. The van der Waals surface area contributed by atoms with Crippen LogP contribution < -0.4 is 0 Å². The van der Waals surface area contributed by atoms with E-state index < -0.39 is 5.97 Å². The van der Waals surface area contributed by atoms with Crippen LogP contribution in [0.5, 0.6) is 0 Å². The summed E-state index contributed by atoms with van der Waals surface area (Å²) in [6, 6.07) is 0. The third-order valence-corrected chi connectivity index (χ3v) is 7.39. The van der Waals surface area contributed by atoms with Gasteiger partial charge >= 0.3 is 5.97 Å². The zero-order valence-electron chi connectivity index (χ0n) is 6.97. The summed E-state index contributed by atoms with van der Waals surface area (Å²) in [5.74, 6) is -2.69. The second-order valence-corrected chi connectivity index (χ2v) is 6.30. The molecule has 0 bridgehead atoms. The van der Waals surface area contributed by atoms with Crippen molar-refractivity contribution in [3.63, 3.8) is 0 Å². The van der Waals surface area contributed by atoms with Gasteiger partial charge in [0.2, 0.25) is 0 Å². The molecule has 6 heteroatoms. The van der Waals surface area contributed by atoms with Gasteiger partial charge in [-0.05, 0) is 51.6 Å². The first-order valence-electron chi connectivity index (χ1n) is 3.67. The van der Waals surface area contributed by atoms with Crippen LogP contribution in [0.1, 0.15) is 19.8 Å². The van der Waals surface area contributed by atoms with E-state index in [1.807, 2.05) is 22.6 Å². The summed E-state index contributed by atoms with van der Waals surface area (Å²) in [5.41, 5.74) is 0. The normalized spacial score (nSPS) is 16.8. The van der Waals surface area contributed by atoms with Crippen molar-refractivity contribution in [1.82, 2.24) is 0 Å². The molecule has 0 aliphatic rings. The van der Waals surface area contributed by atoms with Gasteiger partial charge in [0.25, 0.3) is 0 Å². The smallest absolute Gasteiger partial charge is 0.311 e. The van der Waals surface area contributed by atoms with E-state index in [-0.39, 0.29) is 7.50 Å². The largest absolute Gasteiger partial charge is 0.339 e. The Hall–Kier alpha value is 1.81. The van der Waals surface area contributed by atoms with Crippen LogP contribution in [-0.4, -0.2) is 25.2 Å². The summed E-state index contributed by atoms with van der Waals surface area (Å²) in [6.45, 7) is 2.06. The highest BCUT2D eigenvalue weighted by atomic mass is 127. The number of aliphatic hydroxyl groups is 3. The molecule has 0 fully saturated rings. The van der Waals surface area contributed by atoms with Crippen LogP contribution in [0.4, 0.5) is 0 Å². The average molecular weight is 524 g/mol. The number of allylic oxidation sites excluding steroid dienone is 1. The molecule has 0 amide bonds. The van der Waals surface area contributed by atoms with Crippen molar-refractivity contribution < 1.29 is 15.3 Å². The van der Waals surface area contributed by atoms with Crippen LogP contribution in [0.15, 0.2) is 7.16 Å². The lowest BCUT2D eigenvalue weighted by molar-refractivity contribution is -0.275. The minimum atomic E-state index is -2.69. The van der Waals surface area contributed by atoms with Crippen LogP contribution >= 0.6 is 67.8 Å². The highest BCUT2D eigenvalue weighted by Gasteiger charge is 2.27. The summed E-state index contributed by atoms with van der Waals surface area (Å²) in [6.07, 6.45) is 1.99. The molecule has 13 heavy (non-hydrogen) atoms. The minimum absolute atomic E-state index is 0.179. The molecular weight excluding hydrogens is 513 g/mol. The minimum Gasteiger partial charge on any atom is -0.339 e. The van der Waals surface area contributed by atoms with E-state index in [0.717, 1.165) is 16.4 Å². The molecule has 1 atom stereocenters. The van der Waals surface area contributed by atoms with E-state index in [0.29, 0.717) is 0 Å². The highest BCUT2D eigenvalue weighted by molar-refractivity contribution is 14.1. The lowest BCUT2D eigenvalue weighted by atomic mass is 10.2. The van der Waals surface area contributed by atoms with Crippen molar-refractivity contribution in [2.24, 2.45) is 0 Å². The number of hydrogen-bond donors (Lipinski definition) is 3. The summed E-state index contributed by atoms with van der Waals surface area (Å²) in [4.78, 5) is 0. The van der Waals surface area contributed by atoms with Gasteiger partial charge in [-0.2, -0.15) is 0 Å². The first-order chi connectivity index (χ1) is 5.80. The first-order valence-corrected chi connectivity index (χ1v) is 7.07. The van der Waals surface area contributed by atoms with Gasteiger partial charge in [-0.1, -0.05) is 35.9 Å². The Morgan fingerprint density at radius 3 is 2.08 bits per heavy atom. The Morgan fingerprint density at radius 1 is 1.31 bits per heavy atom. The molecule has 3 nitrogen and oxygen atoms in total. The topological polar surface area (TPSA) is 60.7 Å². The molecule has 0 aliphatic carbocycles. The number of halogens is 3. The van der Waals surface area contributed by atoms with Crippen molar-refractivity contribution in [3.8, 4) is 0 Å². The van der Waals surface area contributed by atoms with Crippen LogP contribution in [-0.2, 0) is 0 Å². The molecule has 0 heterocycles. The van der Waals surface area contributed by atoms with Gasteiger partial charge in [-0.15, -0.1) is 0 Å². The second-order valence-electron chi connectivity index (χ2n) is 2.55. The van der Waals surface area contributed by atoms with Gasteiger partial charge in [0.15, 0.2) is 0 Å². The van der Waals surface area contributed by atoms with Crippen LogP contribution in [0.25, 0.3) is 0 Å². The molecule has 0 radical (unpaired) electrons. The second kappa shape index (κ2) is 6.40. The summed E-state index contributed by atoms with van der Waals surface area (Å²) < 4.78 is 1.19. The number of rotatable bonds is 4. The maximum absolute atomic E-state index is 8.91. The van der Waals surface area contributed by atoms with Crippen molar-refractivity contribution in [3.05, 3.63) is 7.16 Å². The Bertz CT molecular complexity index is 198. The quantitative estimate of drug-likeness (QED) is 0.301. The predicted octanol–water partition coefficient (Wildman–Crippen LogP) is 2.30. The van der Waals surface area contributed by atoms with Gasteiger partial charge in [0.05, 0.1) is 3.58 Å². The summed E-state index contributed by atoms with van der Waals surface area (Å²) >= 11 is 5.99. The van der Waals surface area contributed by atoms with Gasteiger partial charge in [-0.25, -0.2) is 0 Å². The summed E-state index contributed by atoms with van der Waals surface area (Å²) in [7, 11) is 0. The number of alkyl halides is 1. The highest BCUT2D eigenvalue weighted by Crippen LogP contribution is 2.34. The Morgan fingerprint density at radius 2 is 1.77 bits per heavy atom. The monoisotopic (exact) mass is 524 g/mol. The van der Waals surface area contributed by atoms with Crippen molar-refractivity contribution in [1.29, 1.82) is 0 Å². The Labute approximate surface area is 118 Å². The lowest BCUT2D eigenvalue weighted by Crippen LogP contribution is -2.28. The molecule has 0 aliphatic heterocycles.